The smallest absolute Gasteiger partial charge is 0.407 e. The van der Waals surface area contributed by atoms with Crippen molar-refractivity contribution in [1.29, 1.82) is 0 Å². The average Bonchev–Trinajstić information content (AvgIpc) is 3.30. The fraction of sp³-hybridized carbons (Fsp3) is 0.417. The van der Waals surface area contributed by atoms with Gasteiger partial charge < -0.3 is 24.8 Å². The van der Waals surface area contributed by atoms with Crippen molar-refractivity contribution >= 4 is 40.3 Å². The predicted molar refractivity (Wildman–Crippen MR) is 127 cm³/mol. The van der Waals surface area contributed by atoms with Crippen molar-refractivity contribution in [3.63, 3.8) is 0 Å². The monoisotopic (exact) mass is 483 g/mol. The van der Waals surface area contributed by atoms with Gasteiger partial charge in [-0.3, -0.25) is 4.79 Å². The van der Waals surface area contributed by atoms with Crippen molar-refractivity contribution < 1.29 is 18.8 Å². The summed E-state index contributed by atoms with van der Waals surface area (Å²) in [6.45, 7) is 1.82. The maximum Gasteiger partial charge on any atom is 0.407 e. The number of amides is 2. The van der Waals surface area contributed by atoms with Gasteiger partial charge in [0.15, 0.2) is 18.1 Å². The molecule has 2 aromatic heterocycles. The predicted octanol–water partition coefficient (Wildman–Crippen LogP) is 3.91. The molecule has 1 aromatic carbocycles. The van der Waals surface area contributed by atoms with E-state index in [-0.39, 0.29) is 29.7 Å². The van der Waals surface area contributed by atoms with Gasteiger partial charge in [-0.2, -0.15) is 0 Å². The van der Waals surface area contributed by atoms with Gasteiger partial charge in [-0.05, 0) is 61.4 Å². The zero-order valence-corrected chi connectivity index (χ0v) is 19.6. The summed E-state index contributed by atoms with van der Waals surface area (Å²) in [5.41, 5.74) is 1.37. The molecule has 2 aliphatic rings. The molecular formula is C24H26ClN5O4. The Hall–Kier alpha value is -3.33. The molecule has 178 valence electrons. The molecule has 9 nitrogen and oxygen atoms in total. The molecule has 5 rings (SSSR count). The van der Waals surface area contributed by atoms with Gasteiger partial charge in [0, 0.05) is 42.7 Å². The zero-order chi connectivity index (χ0) is 23.7. The first kappa shape index (κ1) is 22.5. The number of ether oxygens (including phenoxy) is 1. The van der Waals surface area contributed by atoms with Gasteiger partial charge in [-0.1, -0.05) is 16.8 Å². The van der Waals surface area contributed by atoms with Crippen LogP contribution in [0.1, 0.15) is 41.9 Å². The van der Waals surface area contributed by atoms with Crippen LogP contribution in [0.2, 0.25) is 5.02 Å². The number of benzene rings is 1. The maximum absolute atomic E-state index is 12.2. The van der Waals surface area contributed by atoms with Crippen LogP contribution in [0.3, 0.4) is 0 Å². The van der Waals surface area contributed by atoms with Gasteiger partial charge in [0.2, 0.25) is 0 Å². The van der Waals surface area contributed by atoms with E-state index in [1.165, 1.54) is 13.1 Å². The van der Waals surface area contributed by atoms with Crippen molar-refractivity contribution in [2.24, 2.45) is 5.41 Å². The molecule has 0 atom stereocenters. The van der Waals surface area contributed by atoms with Crippen LogP contribution in [-0.4, -0.2) is 48.3 Å². The molecule has 3 aromatic rings. The van der Waals surface area contributed by atoms with Gasteiger partial charge >= 0.3 is 6.09 Å². The van der Waals surface area contributed by atoms with Crippen LogP contribution < -0.4 is 15.5 Å². The number of aromatic nitrogens is 2. The average molecular weight is 484 g/mol. The number of fused-ring (bicyclic) bond motifs is 1. The Morgan fingerprint density at radius 2 is 2.00 bits per heavy atom. The molecule has 1 spiro atoms. The highest BCUT2D eigenvalue weighted by Gasteiger charge is 2.46. The molecule has 0 bridgehead atoms. The van der Waals surface area contributed by atoms with E-state index in [0.29, 0.717) is 10.8 Å². The number of piperidine rings is 1. The van der Waals surface area contributed by atoms with Crippen LogP contribution in [0.25, 0.3) is 10.9 Å². The van der Waals surface area contributed by atoms with Crippen LogP contribution in [0.15, 0.2) is 40.9 Å². The molecule has 1 aliphatic carbocycles. The highest BCUT2D eigenvalue weighted by atomic mass is 35.5. The number of nitrogens with zero attached hydrogens (tertiary/aromatic N) is 3. The second-order valence-electron chi connectivity index (χ2n) is 9.08. The molecule has 0 radical (unpaired) electrons. The first-order valence-corrected chi connectivity index (χ1v) is 11.7. The summed E-state index contributed by atoms with van der Waals surface area (Å²) >= 11 is 6.07. The normalized spacial score (nSPS) is 17.4. The number of alkyl carbamates (subject to hydrolysis) is 1. The number of carbonyl (C=O) groups excluding carboxylic acids is 2. The molecule has 1 saturated heterocycles. The largest absolute Gasteiger partial charge is 0.441 e. The molecule has 1 saturated carbocycles. The van der Waals surface area contributed by atoms with Crippen molar-refractivity contribution in [3.05, 3.63) is 52.9 Å². The minimum absolute atomic E-state index is 0.0758. The third-order valence-corrected chi connectivity index (χ3v) is 7.06. The lowest BCUT2D eigenvalue weighted by Crippen LogP contribution is -2.55. The number of carbonyl (C=O) groups is 2. The van der Waals surface area contributed by atoms with Crippen molar-refractivity contribution in [3.8, 4) is 0 Å². The molecule has 1 aliphatic heterocycles. The number of rotatable bonds is 5. The quantitative estimate of drug-likeness (QED) is 0.566. The van der Waals surface area contributed by atoms with Crippen LogP contribution in [-0.2, 0) is 11.3 Å². The number of halogens is 1. The SMILES string of the molecule is CNC(=O)c1cc(COC(=O)NC2CC3(CCN(c4ccc5cc(Cl)ccc5n4)CC3)C2)on1. The van der Waals surface area contributed by atoms with E-state index < -0.39 is 6.09 Å². The fourth-order valence-corrected chi connectivity index (χ4v) is 5.11. The molecule has 2 fully saturated rings. The second-order valence-corrected chi connectivity index (χ2v) is 9.51. The van der Waals surface area contributed by atoms with E-state index in [1.54, 1.807) is 0 Å². The highest BCUT2D eigenvalue weighted by molar-refractivity contribution is 6.31. The van der Waals surface area contributed by atoms with Gasteiger partial charge in [0.25, 0.3) is 5.91 Å². The lowest BCUT2D eigenvalue weighted by molar-refractivity contribution is 0.0457. The Bertz CT molecular complexity index is 1210. The number of pyridine rings is 1. The number of anilines is 1. The zero-order valence-electron chi connectivity index (χ0n) is 18.8. The molecule has 2 N–H and O–H groups in total. The van der Waals surface area contributed by atoms with E-state index in [4.69, 9.17) is 25.8 Å². The minimum Gasteiger partial charge on any atom is -0.441 e. The first-order valence-electron chi connectivity index (χ1n) is 11.4. The van der Waals surface area contributed by atoms with Gasteiger partial charge in [0.05, 0.1) is 5.52 Å². The van der Waals surface area contributed by atoms with E-state index in [9.17, 15) is 9.59 Å². The Kier molecular flexibility index (Phi) is 6.03. The minimum atomic E-state index is -0.490. The summed E-state index contributed by atoms with van der Waals surface area (Å²) in [5.74, 6) is 0.956. The Morgan fingerprint density at radius 3 is 2.76 bits per heavy atom. The summed E-state index contributed by atoms with van der Waals surface area (Å²) in [5, 5.41) is 10.8. The van der Waals surface area contributed by atoms with Crippen molar-refractivity contribution in [2.75, 3.05) is 25.0 Å². The van der Waals surface area contributed by atoms with Crippen LogP contribution in [0.5, 0.6) is 0 Å². The maximum atomic E-state index is 12.2. The fourth-order valence-electron chi connectivity index (χ4n) is 4.93. The van der Waals surface area contributed by atoms with Gasteiger partial charge in [-0.25, -0.2) is 9.78 Å². The summed E-state index contributed by atoms with van der Waals surface area (Å²) in [4.78, 5) is 30.8. The second kappa shape index (κ2) is 9.13. The summed E-state index contributed by atoms with van der Waals surface area (Å²) in [7, 11) is 1.51. The van der Waals surface area contributed by atoms with Crippen LogP contribution >= 0.6 is 11.6 Å². The lowest BCUT2D eigenvalue weighted by Gasteiger charge is -2.52. The summed E-state index contributed by atoms with van der Waals surface area (Å²) < 4.78 is 10.2. The van der Waals surface area contributed by atoms with E-state index in [2.05, 4.69) is 32.8 Å². The van der Waals surface area contributed by atoms with Gasteiger partial charge in [0.1, 0.15) is 5.82 Å². The van der Waals surface area contributed by atoms with E-state index in [1.807, 2.05) is 18.2 Å². The summed E-state index contributed by atoms with van der Waals surface area (Å²) in [6.07, 6.45) is 3.54. The molecule has 2 amide bonds. The lowest BCUT2D eigenvalue weighted by atomic mass is 9.60. The van der Waals surface area contributed by atoms with E-state index in [0.717, 1.165) is 55.5 Å². The first-order chi connectivity index (χ1) is 16.4. The number of nitrogens with one attached hydrogen (secondary N) is 2. The third-order valence-electron chi connectivity index (χ3n) is 6.83. The Morgan fingerprint density at radius 1 is 1.21 bits per heavy atom. The Balaban J connectivity index is 1.07. The van der Waals surface area contributed by atoms with Crippen LogP contribution in [0.4, 0.5) is 10.6 Å². The Labute approximate surface area is 201 Å². The summed E-state index contributed by atoms with van der Waals surface area (Å²) in [6, 6.07) is 11.4. The molecule has 34 heavy (non-hydrogen) atoms. The molecule has 3 heterocycles. The number of hydrogen-bond acceptors (Lipinski definition) is 7. The molecule has 0 unspecified atom stereocenters. The number of hydrogen-bond donors (Lipinski definition) is 2. The molecular weight excluding hydrogens is 458 g/mol. The third kappa shape index (κ3) is 4.65. The van der Waals surface area contributed by atoms with Crippen molar-refractivity contribution in [2.45, 2.75) is 38.3 Å². The highest BCUT2D eigenvalue weighted by Crippen LogP contribution is 2.49. The topological polar surface area (TPSA) is 110 Å². The van der Waals surface area contributed by atoms with Crippen molar-refractivity contribution in [1.82, 2.24) is 20.8 Å². The molecule has 10 heteroatoms. The van der Waals surface area contributed by atoms with Crippen LogP contribution in [0, 0.1) is 5.41 Å². The standard InChI is InChI=1S/C24H26ClN5O4/c1-26-22(31)20-11-18(34-29-20)14-33-23(32)27-17-12-24(13-17)6-8-30(9-7-24)21-5-2-15-10-16(25)3-4-19(15)28-21/h2-5,10-11,17H,6-9,12-14H2,1H3,(H,26,31)(H,27,32). The van der Waals surface area contributed by atoms with E-state index >= 15 is 0 Å². The van der Waals surface area contributed by atoms with Gasteiger partial charge in [-0.15, -0.1) is 0 Å².